The molecule has 0 aromatic heterocycles. The Morgan fingerprint density at radius 3 is 2.65 bits per heavy atom. The summed E-state index contributed by atoms with van der Waals surface area (Å²) in [4.78, 5) is 14.6. The minimum absolute atomic E-state index is 0.0473. The molecular weight excluding hydrogens is 272 g/mol. The molecule has 1 unspecified atom stereocenters. The summed E-state index contributed by atoms with van der Waals surface area (Å²) in [6, 6.07) is 8.90. The van der Waals surface area contributed by atoms with Gasteiger partial charge >= 0.3 is 0 Å². The molecule has 0 saturated carbocycles. The van der Waals surface area contributed by atoms with Gasteiger partial charge in [-0.1, -0.05) is 37.6 Å². The third-order valence-electron chi connectivity index (χ3n) is 3.15. The molecule has 0 heterocycles. The van der Waals surface area contributed by atoms with Gasteiger partial charge in [0.1, 0.15) is 0 Å². The van der Waals surface area contributed by atoms with Crippen LogP contribution >= 0.6 is 11.6 Å². The van der Waals surface area contributed by atoms with E-state index in [-0.39, 0.29) is 11.8 Å². The summed E-state index contributed by atoms with van der Waals surface area (Å²) in [7, 11) is 0. The molecule has 1 rings (SSSR count). The van der Waals surface area contributed by atoms with E-state index in [1.807, 2.05) is 6.92 Å². The molecule has 0 aliphatic heterocycles. The van der Waals surface area contributed by atoms with Gasteiger partial charge < -0.3 is 0 Å². The van der Waals surface area contributed by atoms with Crippen LogP contribution in [0, 0.1) is 17.2 Å². The lowest BCUT2D eigenvalue weighted by Crippen LogP contribution is -2.41. The van der Waals surface area contributed by atoms with E-state index in [0.29, 0.717) is 29.5 Å². The second kappa shape index (κ2) is 8.04. The Morgan fingerprint density at radius 2 is 2.10 bits per heavy atom. The van der Waals surface area contributed by atoms with Crippen LogP contribution in [0.1, 0.15) is 37.6 Å². The molecule has 108 valence electrons. The van der Waals surface area contributed by atoms with Gasteiger partial charge in [0, 0.05) is 30.1 Å². The number of ketones is 1. The molecule has 0 saturated heterocycles. The molecule has 1 aromatic rings. The first-order valence-electron chi connectivity index (χ1n) is 6.86. The average Bonchev–Trinajstić information content (AvgIpc) is 2.41. The van der Waals surface area contributed by atoms with Gasteiger partial charge in [-0.2, -0.15) is 5.26 Å². The minimum Gasteiger partial charge on any atom is -0.292 e. The molecule has 20 heavy (non-hydrogen) atoms. The maximum absolute atomic E-state index is 12.5. The van der Waals surface area contributed by atoms with Crippen LogP contribution in [0.15, 0.2) is 24.3 Å². The normalized spacial score (nSPS) is 12.4. The number of carbonyl (C=O) groups is 1. The van der Waals surface area contributed by atoms with Crippen molar-refractivity contribution in [2.45, 2.75) is 33.2 Å². The number of nitrogens with zero attached hydrogens (tertiary/aromatic N) is 2. The molecule has 0 fully saturated rings. The fraction of sp³-hybridized carbons (Fsp3) is 0.500. The molecule has 0 bridgehead atoms. The predicted molar refractivity (Wildman–Crippen MR) is 81.9 cm³/mol. The summed E-state index contributed by atoms with van der Waals surface area (Å²) in [6.45, 7) is 7.52. The zero-order valence-electron chi connectivity index (χ0n) is 12.3. The van der Waals surface area contributed by atoms with Crippen LogP contribution in [0.4, 0.5) is 0 Å². The summed E-state index contributed by atoms with van der Waals surface area (Å²) in [6.07, 6.45) is 0.430. The molecule has 1 aromatic carbocycles. The van der Waals surface area contributed by atoms with Crippen molar-refractivity contribution in [1.29, 1.82) is 5.26 Å². The number of hydrogen-bond donors (Lipinski definition) is 0. The summed E-state index contributed by atoms with van der Waals surface area (Å²) in [5.41, 5.74) is 0.621. The SMILES string of the molecule is CC(C)CN(CCC#N)C(C)C(=O)c1cccc(Cl)c1. The lowest BCUT2D eigenvalue weighted by Gasteiger charge is -2.29. The van der Waals surface area contributed by atoms with Gasteiger partial charge in [0.2, 0.25) is 0 Å². The van der Waals surface area contributed by atoms with Crippen molar-refractivity contribution in [3.8, 4) is 6.07 Å². The molecule has 0 aliphatic carbocycles. The Bertz CT molecular complexity index is 493. The largest absolute Gasteiger partial charge is 0.292 e. The van der Waals surface area contributed by atoms with Crippen LogP contribution in [-0.2, 0) is 0 Å². The van der Waals surface area contributed by atoms with Crippen LogP contribution < -0.4 is 0 Å². The third-order valence-corrected chi connectivity index (χ3v) is 3.38. The van der Waals surface area contributed by atoms with Crippen molar-refractivity contribution in [3.05, 3.63) is 34.9 Å². The second-order valence-electron chi connectivity index (χ2n) is 5.35. The minimum atomic E-state index is -0.246. The summed E-state index contributed by atoms with van der Waals surface area (Å²) in [5, 5.41) is 9.31. The quantitative estimate of drug-likeness (QED) is 0.718. The van der Waals surface area contributed by atoms with E-state index in [4.69, 9.17) is 16.9 Å². The number of carbonyl (C=O) groups excluding carboxylic acids is 1. The van der Waals surface area contributed by atoms with E-state index < -0.39 is 0 Å². The maximum Gasteiger partial charge on any atom is 0.179 e. The second-order valence-corrected chi connectivity index (χ2v) is 5.78. The zero-order valence-corrected chi connectivity index (χ0v) is 13.0. The third kappa shape index (κ3) is 4.96. The topological polar surface area (TPSA) is 44.1 Å². The molecule has 0 aliphatic rings. The molecule has 0 radical (unpaired) electrons. The Labute approximate surface area is 126 Å². The number of nitriles is 1. The van der Waals surface area contributed by atoms with Gasteiger partial charge in [-0.3, -0.25) is 9.69 Å². The summed E-state index contributed by atoms with van der Waals surface area (Å²) >= 11 is 5.93. The molecule has 1 atom stereocenters. The highest BCUT2D eigenvalue weighted by molar-refractivity contribution is 6.31. The summed E-state index contributed by atoms with van der Waals surface area (Å²) in [5.74, 6) is 0.495. The number of Topliss-reactive ketones (excluding diaryl/α,β-unsaturated/α-hetero) is 1. The van der Waals surface area contributed by atoms with Crippen molar-refractivity contribution < 1.29 is 4.79 Å². The van der Waals surface area contributed by atoms with E-state index in [9.17, 15) is 4.79 Å². The number of halogens is 1. The Hall–Kier alpha value is -1.37. The highest BCUT2D eigenvalue weighted by Crippen LogP contribution is 2.15. The lowest BCUT2D eigenvalue weighted by molar-refractivity contribution is 0.0824. The Morgan fingerprint density at radius 1 is 1.40 bits per heavy atom. The first-order valence-corrected chi connectivity index (χ1v) is 7.24. The Kier molecular flexibility index (Phi) is 6.70. The molecular formula is C16H21ClN2O. The van der Waals surface area contributed by atoms with E-state index >= 15 is 0 Å². The average molecular weight is 293 g/mol. The molecule has 0 amide bonds. The fourth-order valence-electron chi connectivity index (χ4n) is 2.15. The van der Waals surface area contributed by atoms with E-state index in [1.54, 1.807) is 24.3 Å². The van der Waals surface area contributed by atoms with Crippen molar-refractivity contribution in [3.63, 3.8) is 0 Å². The van der Waals surface area contributed by atoms with Crippen LogP contribution in [0.3, 0.4) is 0 Å². The highest BCUT2D eigenvalue weighted by Gasteiger charge is 2.22. The molecule has 0 spiro atoms. The van der Waals surface area contributed by atoms with Crippen molar-refractivity contribution in [2.24, 2.45) is 5.92 Å². The molecule has 0 N–H and O–H groups in total. The van der Waals surface area contributed by atoms with Gasteiger partial charge in [-0.05, 0) is 25.0 Å². The molecule has 4 heteroatoms. The monoisotopic (exact) mass is 292 g/mol. The number of benzene rings is 1. The van der Waals surface area contributed by atoms with Crippen LogP contribution in [0.25, 0.3) is 0 Å². The first-order chi connectivity index (χ1) is 9.45. The molecule has 3 nitrogen and oxygen atoms in total. The van der Waals surface area contributed by atoms with Gasteiger partial charge in [0.05, 0.1) is 12.1 Å². The smallest absolute Gasteiger partial charge is 0.179 e. The first kappa shape index (κ1) is 16.7. The number of hydrogen-bond acceptors (Lipinski definition) is 3. The van der Waals surface area contributed by atoms with E-state index in [0.717, 1.165) is 6.54 Å². The standard InChI is InChI=1S/C16H21ClN2O/c1-12(2)11-19(9-5-8-18)13(3)16(20)14-6-4-7-15(17)10-14/h4,6-7,10,12-13H,5,9,11H2,1-3H3. The summed E-state index contributed by atoms with van der Waals surface area (Å²) < 4.78 is 0. The number of rotatable bonds is 7. The van der Waals surface area contributed by atoms with Crippen LogP contribution in [-0.4, -0.2) is 29.8 Å². The van der Waals surface area contributed by atoms with E-state index in [1.165, 1.54) is 0 Å². The van der Waals surface area contributed by atoms with Gasteiger partial charge in [0.25, 0.3) is 0 Å². The lowest BCUT2D eigenvalue weighted by atomic mass is 10.0. The van der Waals surface area contributed by atoms with Gasteiger partial charge in [-0.15, -0.1) is 0 Å². The van der Waals surface area contributed by atoms with E-state index in [2.05, 4.69) is 24.8 Å². The van der Waals surface area contributed by atoms with Crippen LogP contribution in [0.5, 0.6) is 0 Å². The van der Waals surface area contributed by atoms with Crippen molar-refractivity contribution in [1.82, 2.24) is 4.90 Å². The van der Waals surface area contributed by atoms with Gasteiger partial charge in [0.15, 0.2) is 5.78 Å². The maximum atomic E-state index is 12.5. The van der Waals surface area contributed by atoms with Crippen LogP contribution in [0.2, 0.25) is 5.02 Å². The fourth-order valence-corrected chi connectivity index (χ4v) is 2.34. The van der Waals surface area contributed by atoms with Crippen molar-refractivity contribution in [2.75, 3.05) is 13.1 Å². The highest BCUT2D eigenvalue weighted by atomic mass is 35.5. The predicted octanol–water partition coefficient (Wildman–Crippen LogP) is 3.78. The Balaban J connectivity index is 2.84. The zero-order chi connectivity index (χ0) is 15.1. The van der Waals surface area contributed by atoms with Gasteiger partial charge in [-0.25, -0.2) is 0 Å². The van der Waals surface area contributed by atoms with Crippen molar-refractivity contribution >= 4 is 17.4 Å².